The van der Waals surface area contributed by atoms with E-state index in [0.29, 0.717) is 6.42 Å². The van der Waals surface area contributed by atoms with Crippen LogP contribution in [0.1, 0.15) is 27.2 Å². The fourth-order valence-corrected chi connectivity index (χ4v) is 1.71. The van der Waals surface area contributed by atoms with Crippen LogP contribution in [-0.4, -0.2) is 10.8 Å². The Hall–Kier alpha value is -1.96. The number of aryl methyl sites for hydroxylation is 2. The van der Waals surface area contributed by atoms with Gasteiger partial charge in [0.1, 0.15) is 0 Å². The van der Waals surface area contributed by atoms with Crippen molar-refractivity contribution in [2.24, 2.45) is 0 Å². The molecule has 2 aromatic rings. The number of nitrogens with zero attached hydrogens (tertiary/aromatic N) is 1. The lowest BCUT2D eigenvalue weighted by Crippen LogP contribution is -2.04. The summed E-state index contributed by atoms with van der Waals surface area (Å²) in [6.07, 6.45) is 2.13. The molecule has 0 aliphatic heterocycles. The Bertz CT molecular complexity index is 529. The summed E-state index contributed by atoms with van der Waals surface area (Å²) < 4.78 is 0. The third kappa shape index (κ3) is 3.00. The number of pyridine rings is 1. The molecule has 0 aliphatic carbocycles. The molecular weight excluding hydrogens is 210 g/mol. The molecule has 17 heavy (non-hydrogen) atoms. The average molecular weight is 225 g/mol. The van der Waals surface area contributed by atoms with Crippen LogP contribution in [0.2, 0.25) is 0 Å². The highest BCUT2D eigenvalue weighted by molar-refractivity contribution is 5.97. The highest BCUT2D eigenvalue weighted by Crippen LogP contribution is 2.09. The van der Waals surface area contributed by atoms with Gasteiger partial charge in [-0.25, -0.2) is 0 Å². The van der Waals surface area contributed by atoms with Gasteiger partial charge in [-0.15, -0.1) is 0 Å². The maximum Gasteiger partial charge on any atom is 0.167 e. The second-order valence-corrected chi connectivity index (χ2v) is 4.27. The van der Waals surface area contributed by atoms with Crippen molar-refractivity contribution in [3.05, 3.63) is 65.0 Å². The standard InChI is InChI=1S/C15H15NO/c1-11-3-5-13(6-4-11)10-15(17)14-7-8-16-12(2)9-14/h3-9H,10H2,1-2H3. The lowest BCUT2D eigenvalue weighted by molar-refractivity contribution is 0.0993. The molecule has 0 amide bonds. The molecule has 0 saturated heterocycles. The van der Waals surface area contributed by atoms with Crippen molar-refractivity contribution in [2.45, 2.75) is 20.3 Å². The quantitative estimate of drug-likeness (QED) is 0.751. The molecule has 0 fully saturated rings. The monoisotopic (exact) mass is 225 g/mol. The average Bonchev–Trinajstić information content (AvgIpc) is 2.32. The van der Waals surface area contributed by atoms with Gasteiger partial charge in [0.2, 0.25) is 0 Å². The summed E-state index contributed by atoms with van der Waals surface area (Å²) in [6.45, 7) is 3.93. The molecule has 0 bridgehead atoms. The Labute approximate surface area is 101 Å². The number of aromatic nitrogens is 1. The number of benzene rings is 1. The summed E-state index contributed by atoms with van der Waals surface area (Å²) in [4.78, 5) is 16.1. The van der Waals surface area contributed by atoms with Crippen LogP contribution in [0, 0.1) is 13.8 Å². The van der Waals surface area contributed by atoms with Crippen molar-refractivity contribution in [3.8, 4) is 0 Å². The van der Waals surface area contributed by atoms with Crippen LogP contribution in [-0.2, 0) is 6.42 Å². The van der Waals surface area contributed by atoms with Crippen molar-refractivity contribution >= 4 is 5.78 Å². The summed E-state index contributed by atoms with van der Waals surface area (Å²) in [5.41, 5.74) is 3.87. The fraction of sp³-hybridized carbons (Fsp3) is 0.200. The number of carbonyl (C=O) groups excluding carboxylic acids is 1. The van der Waals surface area contributed by atoms with Crippen molar-refractivity contribution in [2.75, 3.05) is 0 Å². The van der Waals surface area contributed by atoms with Crippen LogP contribution in [0.25, 0.3) is 0 Å². The molecule has 0 radical (unpaired) electrons. The van der Waals surface area contributed by atoms with Gasteiger partial charge in [0.25, 0.3) is 0 Å². The third-order valence-electron chi connectivity index (χ3n) is 2.70. The molecule has 86 valence electrons. The summed E-state index contributed by atoms with van der Waals surface area (Å²) >= 11 is 0. The number of ketones is 1. The molecule has 2 heteroatoms. The number of Topliss-reactive ketones (excluding diaryl/α,β-unsaturated/α-hetero) is 1. The number of hydrogen-bond donors (Lipinski definition) is 0. The topological polar surface area (TPSA) is 30.0 Å². The molecule has 0 saturated carbocycles. The van der Waals surface area contributed by atoms with Gasteiger partial charge >= 0.3 is 0 Å². The highest BCUT2D eigenvalue weighted by Gasteiger charge is 2.07. The maximum absolute atomic E-state index is 12.0. The van der Waals surface area contributed by atoms with E-state index in [2.05, 4.69) is 4.98 Å². The van der Waals surface area contributed by atoms with Crippen molar-refractivity contribution in [1.29, 1.82) is 0 Å². The second kappa shape index (κ2) is 4.91. The number of carbonyl (C=O) groups is 1. The summed E-state index contributed by atoms with van der Waals surface area (Å²) in [7, 11) is 0. The van der Waals surface area contributed by atoms with E-state index in [0.717, 1.165) is 16.8 Å². The minimum absolute atomic E-state index is 0.138. The first-order valence-electron chi connectivity index (χ1n) is 5.66. The van der Waals surface area contributed by atoms with Gasteiger partial charge in [-0.1, -0.05) is 29.8 Å². The number of rotatable bonds is 3. The van der Waals surface area contributed by atoms with E-state index in [9.17, 15) is 4.79 Å². The van der Waals surface area contributed by atoms with E-state index in [4.69, 9.17) is 0 Å². The Kier molecular flexibility index (Phi) is 3.33. The number of hydrogen-bond acceptors (Lipinski definition) is 2. The van der Waals surface area contributed by atoms with Crippen LogP contribution in [0.15, 0.2) is 42.6 Å². The molecule has 1 aromatic heterocycles. The predicted molar refractivity (Wildman–Crippen MR) is 68.2 cm³/mol. The maximum atomic E-state index is 12.0. The van der Waals surface area contributed by atoms with Crippen LogP contribution in [0.3, 0.4) is 0 Å². The zero-order chi connectivity index (χ0) is 12.3. The second-order valence-electron chi connectivity index (χ2n) is 4.27. The van der Waals surface area contributed by atoms with Crippen LogP contribution in [0.4, 0.5) is 0 Å². The van der Waals surface area contributed by atoms with Gasteiger partial charge < -0.3 is 0 Å². The van der Waals surface area contributed by atoms with Gasteiger partial charge in [0.15, 0.2) is 5.78 Å². The highest BCUT2D eigenvalue weighted by atomic mass is 16.1. The normalized spacial score (nSPS) is 10.2. The van der Waals surface area contributed by atoms with Gasteiger partial charge in [-0.2, -0.15) is 0 Å². The van der Waals surface area contributed by atoms with E-state index >= 15 is 0 Å². The largest absolute Gasteiger partial charge is 0.294 e. The van der Waals surface area contributed by atoms with E-state index < -0.39 is 0 Å². The zero-order valence-electron chi connectivity index (χ0n) is 10.1. The van der Waals surface area contributed by atoms with E-state index in [1.807, 2.05) is 44.2 Å². The van der Waals surface area contributed by atoms with E-state index in [1.54, 1.807) is 12.3 Å². The first-order valence-corrected chi connectivity index (χ1v) is 5.66. The molecule has 0 N–H and O–H groups in total. The minimum atomic E-state index is 0.138. The minimum Gasteiger partial charge on any atom is -0.294 e. The first kappa shape index (κ1) is 11.5. The molecule has 1 aromatic carbocycles. The van der Waals surface area contributed by atoms with Gasteiger partial charge in [0.05, 0.1) is 0 Å². The Morgan fingerprint density at radius 1 is 1.12 bits per heavy atom. The SMILES string of the molecule is Cc1ccc(CC(=O)c2ccnc(C)c2)cc1. The zero-order valence-corrected chi connectivity index (χ0v) is 10.1. The van der Waals surface area contributed by atoms with Crippen molar-refractivity contribution in [1.82, 2.24) is 4.98 Å². The molecule has 0 atom stereocenters. The lowest BCUT2D eigenvalue weighted by Gasteiger charge is -2.02. The lowest BCUT2D eigenvalue weighted by atomic mass is 10.0. The summed E-state index contributed by atoms with van der Waals surface area (Å²) in [6, 6.07) is 11.7. The molecule has 0 spiro atoms. The Balaban J connectivity index is 2.14. The van der Waals surface area contributed by atoms with E-state index in [1.165, 1.54) is 5.56 Å². The summed E-state index contributed by atoms with van der Waals surface area (Å²) in [5, 5.41) is 0. The molecule has 1 heterocycles. The van der Waals surface area contributed by atoms with E-state index in [-0.39, 0.29) is 5.78 Å². The van der Waals surface area contributed by atoms with Crippen LogP contribution < -0.4 is 0 Å². The van der Waals surface area contributed by atoms with Crippen LogP contribution in [0.5, 0.6) is 0 Å². The van der Waals surface area contributed by atoms with Gasteiger partial charge in [-0.05, 0) is 31.5 Å². The third-order valence-corrected chi connectivity index (χ3v) is 2.70. The molecule has 0 unspecified atom stereocenters. The van der Waals surface area contributed by atoms with Crippen molar-refractivity contribution < 1.29 is 4.79 Å². The van der Waals surface area contributed by atoms with Gasteiger partial charge in [0, 0.05) is 23.9 Å². The van der Waals surface area contributed by atoms with Gasteiger partial charge in [-0.3, -0.25) is 9.78 Å². The molecule has 2 rings (SSSR count). The Morgan fingerprint density at radius 3 is 2.47 bits per heavy atom. The van der Waals surface area contributed by atoms with Crippen molar-refractivity contribution in [3.63, 3.8) is 0 Å². The molecular formula is C15H15NO. The van der Waals surface area contributed by atoms with Crippen LogP contribution >= 0.6 is 0 Å². The first-order chi connectivity index (χ1) is 8.15. The smallest absolute Gasteiger partial charge is 0.167 e. The molecule has 0 aliphatic rings. The fourth-order valence-electron chi connectivity index (χ4n) is 1.71. The predicted octanol–water partition coefficient (Wildman–Crippen LogP) is 3.12. The Morgan fingerprint density at radius 2 is 1.82 bits per heavy atom. The summed E-state index contributed by atoms with van der Waals surface area (Å²) in [5.74, 6) is 0.138. The molecule has 2 nitrogen and oxygen atoms in total.